The molecule has 2 heterocycles. The molecule has 2 bridgehead atoms. The fraction of sp³-hybridized carbons (Fsp3) is 0.633. The number of carbonyl (C=O) groups excluding carboxylic acids is 1. The highest BCUT2D eigenvalue weighted by atomic mass is 16.6. The molecule has 2 N–H and O–H groups in total. The van der Waals surface area contributed by atoms with Crippen molar-refractivity contribution in [3.05, 3.63) is 60.8 Å². The first-order valence-electron chi connectivity index (χ1n) is 13.5. The monoisotopic (exact) mass is 484 g/mol. The van der Waals surface area contributed by atoms with E-state index in [2.05, 4.69) is 31.7 Å². The van der Waals surface area contributed by atoms with E-state index in [1.165, 1.54) is 25.3 Å². The summed E-state index contributed by atoms with van der Waals surface area (Å²) in [5.74, 6) is 0.413. The Kier molecular flexibility index (Phi) is 11.5. The van der Waals surface area contributed by atoms with E-state index in [9.17, 15) is 15.0 Å². The number of carbonyl (C=O) groups is 1. The summed E-state index contributed by atoms with van der Waals surface area (Å²) in [6.45, 7) is 6.37. The number of hydrogen-bond acceptors (Lipinski definition) is 5. The van der Waals surface area contributed by atoms with Crippen LogP contribution in [0.25, 0.3) is 0 Å². The molecule has 2 aliphatic heterocycles. The topological polar surface area (TPSA) is 76.0 Å². The minimum absolute atomic E-state index is 0.0587. The van der Waals surface area contributed by atoms with Crippen LogP contribution in [0, 0.1) is 11.8 Å². The lowest BCUT2D eigenvalue weighted by Crippen LogP contribution is -2.29. The highest BCUT2D eigenvalue weighted by molar-refractivity contribution is 5.82. The maximum atomic E-state index is 12.5. The molecular weight excluding hydrogens is 440 g/mol. The van der Waals surface area contributed by atoms with Gasteiger partial charge in [0.25, 0.3) is 0 Å². The smallest absolute Gasteiger partial charge is 0.330 e. The minimum atomic E-state index is -0.900. The van der Waals surface area contributed by atoms with Gasteiger partial charge in [-0.25, -0.2) is 4.79 Å². The number of cyclic esters (lactones) is 1. The van der Waals surface area contributed by atoms with E-state index in [0.717, 1.165) is 37.7 Å². The Bertz CT molecular complexity index is 789. The molecule has 5 nitrogen and oxygen atoms in total. The van der Waals surface area contributed by atoms with Gasteiger partial charge >= 0.3 is 5.97 Å². The fourth-order valence-corrected chi connectivity index (χ4v) is 5.32. The van der Waals surface area contributed by atoms with Crippen molar-refractivity contribution in [2.45, 2.75) is 108 Å². The molecule has 0 saturated heterocycles. The molecule has 0 aromatic rings. The molecule has 3 rings (SSSR count). The van der Waals surface area contributed by atoms with Gasteiger partial charge in [0.2, 0.25) is 0 Å². The average Bonchev–Trinajstić information content (AvgIpc) is 2.82. The van der Waals surface area contributed by atoms with Crippen molar-refractivity contribution < 1.29 is 24.5 Å². The molecule has 5 heteroatoms. The molecule has 0 amide bonds. The number of aliphatic hydroxyl groups is 2. The Labute approximate surface area is 211 Å². The maximum absolute atomic E-state index is 12.5. The Morgan fingerprint density at radius 3 is 2.63 bits per heavy atom. The van der Waals surface area contributed by atoms with Crippen LogP contribution in [0.3, 0.4) is 0 Å². The third-order valence-corrected chi connectivity index (χ3v) is 7.14. The molecule has 0 aromatic carbocycles. The Balaban J connectivity index is 1.69. The molecule has 1 fully saturated rings. The van der Waals surface area contributed by atoms with Crippen molar-refractivity contribution in [2.75, 3.05) is 0 Å². The quantitative estimate of drug-likeness (QED) is 0.395. The van der Waals surface area contributed by atoms with E-state index in [4.69, 9.17) is 9.47 Å². The summed E-state index contributed by atoms with van der Waals surface area (Å²) >= 11 is 0. The zero-order chi connectivity index (χ0) is 25.0. The van der Waals surface area contributed by atoms with E-state index in [1.54, 1.807) is 24.3 Å². The predicted octanol–water partition coefficient (Wildman–Crippen LogP) is 5.74. The van der Waals surface area contributed by atoms with Gasteiger partial charge < -0.3 is 19.7 Å². The van der Waals surface area contributed by atoms with Crippen molar-refractivity contribution in [1.29, 1.82) is 0 Å². The summed E-state index contributed by atoms with van der Waals surface area (Å²) in [6, 6.07) is 0. The normalized spacial score (nSPS) is 35.1. The molecule has 0 radical (unpaired) electrons. The van der Waals surface area contributed by atoms with Crippen molar-refractivity contribution in [1.82, 2.24) is 0 Å². The summed E-state index contributed by atoms with van der Waals surface area (Å²) in [7, 11) is 0. The standard InChI is InChI=1S/C30H44O5/c1-22-19-23(2)21-27-14-7-12-26(34-27)13-8-16-30(33)35-29(15-6-11-25(31)20-22)28(32)18-17-24-9-4-3-5-10-24/h6-8,11-12,16-18,23-29,31-32H,1,3-5,9-10,13-15,19-21H2,2H3/b11-6+,16-8+,18-17+/t23?,25-,26+,27+,28+,29+/m1/s1. The van der Waals surface area contributed by atoms with Gasteiger partial charge in [-0.2, -0.15) is 0 Å². The number of ether oxygens (including phenoxy) is 2. The second-order valence-electron chi connectivity index (χ2n) is 10.6. The summed E-state index contributed by atoms with van der Waals surface area (Å²) in [4.78, 5) is 12.5. The van der Waals surface area contributed by atoms with Gasteiger partial charge in [-0.15, -0.1) is 0 Å². The number of esters is 1. The van der Waals surface area contributed by atoms with Crippen LogP contribution < -0.4 is 0 Å². The van der Waals surface area contributed by atoms with E-state index in [-0.39, 0.29) is 12.2 Å². The van der Waals surface area contributed by atoms with E-state index >= 15 is 0 Å². The second-order valence-corrected chi connectivity index (χ2v) is 10.6. The Hall–Kier alpha value is -1.95. The SMILES string of the molecule is C=C1CC(C)C[C@@H]2CC=C[C@@H](C/C=C/C(=O)O[C@H]([C@@H](O)/C=C/C3CCCCC3)C/C=C/[C@@H](O)C1)O2. The highest BCUT2D eigenvalue weighted by Gasteiger charge is 2.23. The molecule has 0 aromatic heterocycles. The summed E-state index contributed by atoms with van der Waals surface area (Å²) in [5.41, 5.74) is 1.01. The first-order valence-corrected chi connectivity index (χ1v) is 13.5. The largest absolute Gasteiger partial charge is 0.456 e. The lowest BCUT2D eigenvalue weighted by atomic mass is 9.88. The van der Waals surface area contributed by atoms with Gasteiger partial charge in [0.1, 0.15) is 12.2 Å². The maximum Gasteiger partial charge on any atom is 0.330 e. The van der Waals surface area contributed by atoms with Gasteiger partial charge in [-0.1, -0.05) is 80.9 Å². The molecule has 3 aliphatic rings. The van der Waals surface area contributed by atoms with Crippen molar-refractivity contribution >= 4 is 5.97 Å². The molecule has 194 valence electrons. The second kappa shape index (κ2) is 14.6. The third-order valence-electron chi connectivity index (χ3n) is 7.14. The number of rotatable bonds is 3. The highest BCUT2D eigenvalue weighted by Crippen LogP contribution is 2.27. The van der Waals surface area contributed by atoms with Gasteiger partial charge in [0.15, 0.2) is 0 Å². The van der Waals surface area contributed by atoms with Crippen LogP contribution >= 0.6 is 0 Å². The Morgan fingerprint density at radius 2 is 1.83 bits per heavy atom. The number of fused-ring (bicyclic) bond motifs is 2. The number of hydrogen-bond donors (Lipinski definition) is 2. The van der Waals surface area contributed by atoms with E-state index < -0.39 is 24.3 Å². The molecule has 1 aliphatic carbocycles. The van der Waals surface area contributed by atoms with Crippen LogP contribution in [0.15, 0.2) is 60.8 Å². The minimum Gasteiger partial charge on any atom is -0.456 e. The van der Waals surface area contributed by atoms with E-state index in [0.29, 0.717) is 31.1 Å². The van der Waals surface area contributed by atoms with Crippen LogP contribution in [0.1, 0.15) is 77.6 Å². The fourth-order valence-electron chi connectivity index (χ4n) is 5.32. The molecular formula is C30H44O5. The third kappa shape index (κ3) is 10.3. The lowest BCUT2D eigenvalue weighted by Gasteiger charge is -2.28. The van der Waals surface area contributed by atoms with Crippen LogP contribution in [0.5, 0.6) is 0 Å². The van der Waals surface area contributed by atoms with Gasteiger partial charge in [0, 0.05) is 12.5 Å². The first kappa shape index (κ1) is 27.6. The first-order chi connectivity index (χ1) is 16.9. The van der Waals surface area contributed by atoms with E-state index in [1.807, 2.05) is 0 Å². The Morgan fingerprint density at radius 1 is 1.06 bits per heavy atom. The summed E-state index contributed by atoms with van der Waals surface area (Å²) in [6.07, 6.45) is 22.7. The molecule has 35 heavy (non-hydrogen) atoms. The number of allylic oxidation sites excluding steroid dienone is 1. The van der Waals surface area contributed by atoms with Crippen LogP contribution in [-0.4, -0.2) is 46.7 Å². The molecule has 1 saturated carbocycles. The average molecular weight is 485 g/mol. The molecule has 6 atom stereocenters. The molecule has 1 unspecified atom stereocenters. The van der Waals surface area contributed by atoms with Crippen molar-refractivity contribution in [3.8, 4) is 0 Å². The predicted molar refractivity (Wildman–Crippen MR) is 140 cm³/mol. The van der Waals surface area contributed by atoms with Gasteiger partial charge in [-0.05, 0) is 56.8 Å². The van der Waals surface area contributed by atoms with Crippen LogP contribution in [0.2, 0.25) is 0 Å². The van der Waals surface area contributed by atoms with Crippen molar-refractivity contribution in [2.24, 2.45) is 11.8 Å². The zero-order valence-corrected chi connectivity index (χ0v) is 21.3. The van der Waals surface area contributed by atoms with Crippen LogP contribution in [-0.2, 0) is 14.3 Å². The lowest BCUT2D eigenvalue weighted by molar-refractivity contribution is -0.147. The summed E-state index contributed by atoms with van der Waals surface area (Å²) < 4.78 is 11.8. The van der Waals surface area contributed by atoms with Gasteiger partial charge in [-0.3, -0.25) is 0 Å². The summed E-state index contributed by atoms with van der Waals surface area (Å²) in [5, 5.41) is 21.3. The molecule has 0 spiro atoms. The van der Waals surface area contributed by atoms with Crippen molar-refractivity contribution in [3.63, 3.8) is 0 Å². The zero-order valence-electron chi connectivity index (χ0n) is 21.3. The number of aliphatic hydroxyl groups excluding tert-OH is 2. The van der Waals surface area contributed by atoms with Gasteiger partial charge in [0.05, 0.1) is 18.3 Å². The van der Waals surface area contributed by atoms with Crippen LogP contribution in [0.4, 0.5) is 0 Å².